The summed E-state index contributed by atoms with van der Waals surface area (Å²) in [5.41, 5.74) is 2.58. The number of rotatable bonds is 4. The number of hydrogen-bond donors (Lipinski definition) is 1. The molecule has 0 saturated heterocycles. The fourth-order valence-corrected chi connectivity index (χ4v) is 3.76. The van der Waals surface area contributed by atoms with Gasteiger partial charge < -0.3 is 10.2 Å². The first-order valence-electron chi connectivity index (χ1n) is 7.66. The van der Waals surface area contributed by atoms with Gasteiger partial charge in [0.15, 0.2) is 0 Å². The van der Waals surface area contributed by atoms with Crippen LogP contribution in [0.5, 0.6) is 0 Å². The second kappa shape index (κ2) is 5.66. The fraction of sp³-hybridized carbons (Fsp3) is 0.312. The molecule has 0 bridgehead atoms. The molecule has 0 radical (unpaired) electrons. The van der Waals surface area contributed by atoms with Crippen molar-refractivity contribution in [3.05, 3.63) is 52.4 Å². The van der Waals surface area contributed by atoms with E-state index in [1.54, 1.807) is 0 Å². The van der Waals surface area contributed by atoms with Gasteiger partial charge in [-0.2, -0.15) is 4.52 Å². The van der Waals surface area contributed by atoms with Crippen molar-refractivity contribution in [2.75, 3.05) is 23.3 Å². The van der Waals surface area contributed by atoms with E-state index < -0.39 is 0 Å². The normalized spacial score (nSPS) is 14.9. The predicted octanol–water partition coefficient (Wildman–Crippen LogP) is 2.01. The lowest BCUT2D eigenvalue weighted by atomic mass is 10.2. The van der Waals surface area contributed by atoms with Crippen molar-refractivity contribution in [2.45, 2.75) is 19.4 Å². The van der Waals surface area contributed by atoms with Gasteiger partial charge in [-0.3, -0.25) is 4.79 Å². The number of aromatic nitrogens is 3. The van der Waals surface area contributed by atoms with Crippen LogP contribution in [0.4, 0.5) is 10.8 Å². The van der Waals surface area contributed by atoms with Crippen LogP contribution in [0, 0.1) is 0 Å². The molecular formula is C16H17N5OS. The van der Waals surface area contributed by atoms with E-state index >= 15 is 0 Å². The van der Waals surface area contributed by atoms with E-state index in [0.717, 1.165) is 24.6 Å². The Balaban J connectivity index is 1.48. The average molecular weight is 327 g/mol. The van der Waals surface area contributed by atoms with Crippen LogP contribution in [0.3, 0.4) is 0 Å². The minimum Gasteiger partial charge on any atom is -0.366 e. The Morgan fingerprint density at radius 3 is 3.09 bits per heavy atom. The highest BCUT2D eigenvalue weighted by atomic mass is 32.1. The van der Waals surface area contributed by atoms with E-state index in [2.05, 4.69) is 51.5 Å². The number of benzene rings is 1. The molecule has 1 atom stereocenters. The number of hydrogen-bond acceptors (Lipinski definition) is 6. The molecular weight excluding hydrogens is 310 g/mol. The van der Waals surface area contributed by atoms with Crippen molar-refractivity contribution in [1.29, 1.82) is 0 Å². The second-order valence-corrected chi connectivity index (χ2v) is 6.64. The zero-order chi connectivity index (χ0) is 15.8. The molecule has 0 amide bonds. The summed E-state index contributed by atoms with van der Waals surface area (Å²) in [4.78, 5) is 18.9. The van der Waals surface area contributed by atoms with Gasteiger partial charge in [-0.25, -0.2) is 4.98 Å². The largest absolute Gasteiger partial charge is 0.366 e. The first kappa shape index (κ1) is 14.2. The Hall–Kier alpha value is -2.41. The maximum Gasteiger partial charge on any atom is 0.275 e. The number of fused-ring (bicyclic) bond motifs is 2. The topological polar surface area (TPSA) is 62.5 Å². The Morgan fingerprint density at radius 2 is 2.22 bits per heavy atom. The van der Waals surface area contributed by atoms with E-state index in [1.165, 1.54) is 39.4 Å². The molecule has 118 valence electrons. The lowest BCUT2D eigenvalue weighted by molar-refractivity contribution is 0.678. The van der Waals surface area contributed by atoms with Crippen LogP contribution in [-0.4, -0.2) is 33.7 Å². The zero-order valence-electron chi connectivity index (χ0n) is 12.8. The molecule has 0 saturated carbocycles. The lowest BCUT2D eigenvalue weighted by Gasteiger charge is -2.27. The predicted molar refractivity (Wildman–Crippen MR) is 92.6 cm³/mol. The van der Waals surface area contributed by atoms with Gasteiger partial charge in [-0.1, -0.05) is 29.5 Å². The van der Waals surface area contributed by atoms with Gasteiger partial charge in [0, 0.05) is 37.1 Å². The van der Waals surface area contributed by atoms with Crippen molar-refractivity contribution in [3.63, 3.8) is 0 Å². The summed E-state index contributed by atoms with van der Waals surface area (Å²) in [6.07, 6.45) is 2.62. The van der Waals surface area contributed by atoms with Crippen LogP contribution in [-0.2, 0) is 6.42 Å². The highest BCUT2D eigenvalue weighted by Gasteiger charge is 2.22. The molecule has 7 heteroatoms. The molecule has 0 unspecified atom stereocenters. The number of para-hydroxylation sites is 1. The van der Waals surface area contributed by atoms with Crippen LogP contribution in [0.15, 0.2) is 41.3 Å². The van der Waals surface area contributed by atoms with Crippen LogP contribution in [0.25, 0.3) is 4.96 Å². The van der Waals surface area contributed by atoms with E-state index in [-0.39, 0.29) is 5.56 Å². The number of nitrogens with one attached hydrogen (secondary N) is 1. The van der Waals surface area contributed by atoms with Gasteiger partial charge in [-0.15, -0.1) is 5.10 Å². The van der Waals surface area contributed by atoms with Gasteiger partial charge >= 0.3 is 0 Å². The number of nitrogens with zero attached hydrogens (tertiary/aromatic N) is 4. The molecule has 3 aromatic rings. The van der Waals surface area contributed by atoms with E-state index in [4.69, 9.17) is 0 Å². The Labute approximate surface area is 137 Å². The summed E-state index contributed by atoms with van der Waals surface area (Å²) in [6.45, 7) is 4.01. The minimum atomic E-state index is -0.152. The number of anilines is 2. The Bertz CT molecular complexity index is 903. The first-order chi connectivity index (χ1) is 11.2. The van der Waals surface area contributed by atoms with Crippen LogP contribution in [0.2, 0.25) is 0 Å². The molecule has 1 aliphatic heterocycles. The summed E-state index contributed by atoms with van der Waals surface area (Å²) in [6, 6.07) is 10.3. The molecule has 0 spiro atoms. The first-order valence-corrected chi connectivity index (χ1v) is 8.47. The summed E-state index contributed by atoms with van der Waals surface area (Å²) in [7, 11) is 0. The summed E-state index contributed by atoms with van der Waals surface area (Å²) >= 11 is 1.39. The molecule has 0 aliphatic carbocycles. The van der Waals surface area contributed by atoms with Crippen molar-refractivity contribution in [1.82, 2.24) is 14.6 Å². The third-order valence-corrected chi connectivity index (χ3v) is 5.05. The molecule has 1 aliphatic rings. The van der Waals surface area contributed by atoms with Gasteiger partial charge in [-0.05, 0) is 25.0 Å². The minimum absolute atomic E-state index is 0.152. The van der Waals surface area contributed by atoms with E-state index in [0.29, 0.717) is 11.0 Å². The van der Waals surface area contributed by atoms with Crippen LogP contribution >= 0.6 is 11.3 Å². The summed E-state index contributed by atoms with van der Waals surface area (Å²) in [5.74, 6) is 0. The zero-order valence-corrected chi connectivity index (χ0v) is 13.6. The van der Waals surface area contributed by atoms with Crippen LogP contribution in [0.1, 0.15) is 12.5 Å². The maximum atomic E-state index is 11.7. The molecule has 0 fully saturated rings. The second-order valence-electron chi connectivity index (χ2n) is 5.69. The molecule has 1 N–H and O–H groups in total. The smallest absolute Gasteiger partial charge is 0.275 e. The standard InChI is InChI=1S/C16H17N5OS/c1-11(20-9-7-12-4-2-3-5-13(12)20)10-18-15-19-21-14(22)6-8-17-16(21)23-15/h2-6,8,11H,7,9-10H2,1H3,(H,18,19)/t11-/m1/s1. The SMILES string of the molecule is C[C@H](CNc1nn2c(=O)ccnc2s1)N1CCc2ccccc21. The van der Waals surface area contributed by atoms with Gasteiger partial charge in [0.25, 0.3) is 5.56 Å². The Morgan fingerprint density at radius 1 is 1.35 bits per heavy atom. The summed E-state index contributed by atoms with van der Waals surface area (Å²) < 4.78 is 1.34. The van der Waals surface area contributed by atoms with E-state index in [1.807, 2.05) is 0 Å². The van der Waals surface area contributed by atoms with Gasteiger partial charge in [0.2, 0.25) is 10.1 Å². The Kier molecular flexibility index (Phi) is 3.49. The molecule has 6 nitrogen and oxygen atoms in total. The van der Waals surface area contributed by atoms with Crippen LogP contribution < -0.4 is 15.8 Å². The van der Waals surface area contributed by atoms with Crippen molar-refractivity contribution in [2.24, 2.45) is 0 Å². The summed E-state index contributed by atoms with van der Waals surface area (Å²) in [5, 5.41) is 8.34. The molecule has 1 aromatic carbocycles. The maximum absolute atomic E-state index is 11.7. The highest BCUT2D eigenvalue weighted by molar-refractivity contribution is 7.20. The lowest BCUT2D eigenvalue weighted by Crippen LogP contribution is -2.36. The van der Waals surface area contributed by atoms with Gasteiger partial charge in [0.1, 0.15) is 0 Å². The highest BCUT2D eigenvalue weighted by Crippen LogP contribution is 2.29. The molecule has 23 heavy (non-hydrogen) atoms. The average Bonchev–Trinajstić information content (AvgIpc) is 3.17. The molecule has 2 aromatic heterocycles. The molecule has 4 rings (SSSR count). The van der Waals surface area contributed by atoms with Crippen molar-refractivity contribution in [3.8, 4) is 0 Å². The van der Waals surface area contributed by atoms with Crippen molar-refractivity contribution >= 4 is 27.1 Å². The fourth-order valence-electron chi connectivity index (χ4n) is 2.98. The third-order valence-electron chi connectivity index (χ3n) is 4.17. The molecule has 3 heterocycles. The van der Waals surface area contributed by atoms with E-state index in [9.17, 15) is 4.79 Å². The third kappa shape index (κ3) is 2.57. The monoisotopic (exact) mass is 327 g/mol. The van der Waals surface area contributed by atoms with Crippen molar-refractivity contribution < 1.29 is 0 Å². The quantitative estimate of drug-likeness (QED) is 0.794. The van der Waals surface area contributed by atoms with Gasteiger partial charge in [0.05, 0.1) is 0 Å².